The maximum absolute atomic E-state index is 12.8. The zero-order chi connectivity index (χ0) is 17.4. The van der Waals surface area contributed by atoms with Gasteiger partial charge in [-0.05, 0) is 29.5 Å². The van der Waals surface area contributed by atoms with E-state index in [4.69, 9.17) is 0 Å². The molecule has 1 aromatic heterocycles. The molecule has 0 radical (unpaired) electrons. The second kappa shape index (κ2) is 6.59. The van der Waals surface area contributed by atoms with Crippen LogP contribution in [-0.4, -0.2) is 39.6 Å². The van der Waals surface area contributed by atoms with Gasteiger partial charge < -0.3 is 5.32 Å². The summed E-state index contributed by atoms with van der Waals surface area (Å²) < 4.78 is 49.9. The Labute approximate surface area is 146 Å². The SMILES string of the molecule is Cc1ccccc1CN[C@H]1CS(=O)(=O)C[C@@H]1S(=O)(=O)c1cccs1. The molecule has 2 aromatic rings. The van der Waals surface area contributed by atoms with Crippen molar-refractivity contribution in [2.45, 2.75) is 29.0 Å². The number of hydrogen-bond acceptors (Lipinski definition) is 6. The summed E-state index contributed by atoms with van der Waals surface area (Å²) in [5.41, 5.74) is 2.12. The number of rotatable bonds is 5. The van der Waals surface area contributed by atoms with E-state index in [1.54, 1.807) is 11.4 Å². The average molecular weight is 386 g/mol. The van der Waals surface area contributed by atoms with Crippen LogP contribution in [0.1, 0.15) is 11.1 Å². The van der Waals surface area contributed by atoms with Crippen LogP contribution in [0.15, 0.2) is 46.0 Å². The monoisotopic (exact) mass is 385 g/mol. The van der Waals surface area contributed by atoms with Gasteiger partial charge in [0.15, 0.2) is 19.7 Å². The van der Waals surface area contributed by atoms with Crippen molar-refractivity contribution in [3.05, 3.63) is 52.9 Å². The number of hydrogen-bond donors (Lipinski definition) is 1. The van der Waals surface area contributed by atoms with Gasteiger partial charge in [-0.3, -0.25) is 0 Å². The number of aryl methyl sites for hydroxylation is 1. The van der Waals surface area contributed by atoms with E-state index in [0.29, 0.717) is 6.54 Å². The summed E-state index contributed by atoms with van der Waals surface area (Å²) in [6, 6.07) is 10.4. The third-order valence-corrected chi connectivity index (χ3v) is 9.87. The molecule has 1 aliphatic heterocycles. The van der Waals surface area contributed by atoms with Crippen molar-refractivity contribution in [1.82, 2.24) is 5.32 Å². The van der Waals surface area contributed by atoms with Crippen LogP contribution >= 0.6 is 11.3 Å². The maximum Gasteiger partial charge on any atom is 0.193 e. The van der Waals surface area contributed by atoms with Gasteiger partial charge in [0.05, 0.1) is 16.8 Å². The summed E-state index contributed by atoms with van der Waals surface area (Å²) in [5, 5.41) is 3.91. The minimum Gasteiger partial charge on any atom is -0.308 e. The van der Waals surface area contributed by atoms with E-state index < -0.39 is 31.0 Å². The summed E-state index contributed by atoms with van der Waals surface area (Å²) in [6.07, 6.45) is 0. The first-order valence-electron chi connectivity index (χ1n) is 7.55. The Hall–Kier alpha value is -1.22. The second-order valence-corrected chi connectivity index (χ2v) is 11.5. The Morgan fingerprint density at radius 2 is 1.92 bits per heavy atom. The highest BCUT2D eigenvalue weighted by Crippen LogP contribution is 2.28. The molecule has 0 amide bonds. The Balaban J connectivity index is 1.84. The first-order chi connectivity index (χ1) is 11.3. The number of nitrogens with one attached hydrogen (secondary N) is 1. The van der Waals surface area contributed by atoms with Crippen LogP contribution in [-0.2, 0) is 26.2 Å². The van der Waals surface area contributed by atoms with E-state index in [9.17, 15) is 16.8 Å². The number of thiophene rings is 1. The van der Waals surface area contributed by atoms with Gasteiger partial charge in [0.1, 0.15) is 4.21 Å². The molecule has 1 aliphatic rings. The van der Waals surface area contributed by atoms with Gasteiger partial charge in [0.2, 0.25) is 0 Å². The fourth-order valence-corrected chi connectivity index (χ4v) is 8.88. The fourth-order valence-electron chi connectivity index (χ4n) is 2.94. The lowest BCUT2D eigenvalue weighted by atomic mass is 10.1. The molecule has 24 heavy (non-hydrogen) atoms. The van der Waals surface area contributed by atoms with Crippen molar-refractivity contribution < 1.29 is 16.8 Å². The molecule has 0 bridgehead atoms. The molecule has 5 nitrogen and oxygen atoms in total. The lowest BCUT2D eigenvalue weighted by Crippen LogP contribution is -2.42. The van der Waals surface area contributed by atoms with Crippen molar-refractivity contribution in [1.29, 1.82) is 0 Å². The Bertz CT molecular complexity index is 918. The molecule has 0 aliphatic carbocycles. The van der Waals surface area contributed by atoms with E-state index in [2.05, 4.69) is 5.32 Å². The van der Waals surface area contributed by atoms with E-state index >= 15 is 0 Å². The summed E-state index contributed by atoms with van der Waals surface area (Å²) >= 11 is 1.13. The lowest BCUT2D eigenvalue weighted by Gasteiger charge is -2.19. The van der Waals surface area contributed by atoms with Crippen molar-refractivity contribution in [3.63, 3.8) is 0 Å². The molecular formula is C16H19NO4S3. The Morgan fingerprint density at radius 3 is 2.58 bits per heavy atom. The molecule has 1 fully saturated rings. The van der Waals surface area contributed by atoms with Gasteiger partial charge in [-0.25, -0.2) is 16.8 Å². The zero-order valence-corrected chi connectivity index (χ0v) is 15.6. The summed E-state index contributed by atoms with van der Waals surface area (Å²) in [7, 11) is -7.02. The van der Waals surface area contributed by atoms with E-state index in [1.807, 2.05) is 31.2 Å². The van der Waals surface area contributed by atoms with Gasteiger partial charge >= 0.3 is 0 Å². The molecule has 1 N–H and O–H groups in total. The zero-order valence-electron chi connectivity index (χ0n) is 13.2. The van der Waals surface area contributed by atoms with Gasteiger partial charge in [-0.15, -0.1) is 11.3 Å². The molecule has 1 saturated heterocycles. The number of benzene rings is 1. The third-order valence-electron chi connectivity index (χ3n) is 4.29. The van der Waals surface area contributed by atoms with Crippen molar-refractivity contribution >= 4 is 31.0 Å². The summed E-state index contributed by atoms with van der Waals surface area (Å²) in [4.78, 5) is 0. The van der Waals surface area contributed by atoms with E-state index in [0.717, 1.165) is 22.5 Å². The van der Waals surface area contributed by atoms with Crippen molar-refractivity contribution in [2.75, 3.05) is 11.5 Å². The highest BCUT2D eigenvalue weighted by Gasteiger charge is 2.45. The topological polar surface area (TPSA) is 80.3 Å². The first-order valence-corrected chi connectivity index (χ1v) is 11.8. The van der Waals surface area contributed by atoms with Crippen LogP contribution < -0.4 is 5.32 Å². The van der Waals surface area contributed by atoms with Crippen molar-refractivity contribution in [2.24, 2.45) is 0 Å². The van der Waals surface area contributed by atoms with Crippen molar-refractivity contribution in [3.8, 4) is 0 Å². The molecule has 2 atom stereocenters. The number of sulfone groups is 2. The molecule has 0 spiro atoms. The maximum atomic E-state index is 12.8. The fraction of sp³-hybridized carbons (Fsp3) is 0.375. The predicted molar refractivity (Wildman–Crippen MR) is 95.8 cm³/mol. The van der Waals surface area contributed by atoms with Gasteiger partial charge in [-0.1, -0.05) is 30.3 Å². The minimum absolute atomic E-state index is 0.145. The largest absolute Gasteiger partial charge is 0.308 e. The van der Waals surface area contributed by atoms with Crippen LogP contribution in [0.5, 0.6) is 0 Å². The van der Waals surface area contributed by atoms with Crippen LogP contribution in [0.25, 0.3) is 0 Å². The van der Waals surface area contributed by atoms with Crippen LogP contribution in [0.2, 0.25) is 0 Å². The van der Waals surface area contributed by atoms with Gasteiger partial charge in [-0.2, -0.15) is 0 Å². The molecule has 1 aromatic carbocycles. The van der Waals surface area contributed by atoms with Crippen LogP contribution in [0.3, 0.4) is 0 Å². The lowest BCUT2D eigenvalue weighted by molar-refractivity contribution is 0.526. The molecule has 0 saturated carbocycles. The Morgan fingerprint density at radius 1 is 1.17 bits per heavy atom. The molecule has 0 unspecified atom stereocenters. The first kappa shape index (κ1) is 17.6. The second-order valence-electron chi connectivity index (χ2n) is 6.01. The van der Waals surface area contributed by atoms with E-state index in [1.165, 1.54) is 6.07 Å². The molecule has 2 heterocycles. The highest BCUT2D eigenvalue weighted by molar-refractivity contribution is 7.97. The third kappa shape index (κ3) is 3.56. The highest BCUT2D eigenvalue weighted by atomic mass is 32.2. The smallest absolute Gasteiger partial charge is 0.193 e. The summed E-state index contributed by atoms with van der Waals surface area (Å²) in [6.45, 7) is 2.42. The minimum atomic E-state index is -3.65. The average Bonchev–Trinajstić information content (AvgIpc) is 3.14. The van der Waals surface area contributed by atoms with Crippen LogP contribution in [0.4, 0.5) is 0 Å². The van der Waals surface area contributed by atoms with Crippen LogP contribution in [0, 0.1) is 6.92 Å². The molecular weight excluding hydrogens is 366 g/mol. The Kier molecular flexibility index (Phi) is 4.83. The predicted octanol–water partition coefficient (Wildman–Crippen LogP) is 1.79. The molecule has 130 valence electrons. The van der Waals surface area contributed by atoms with Gasteiger partial charge in [0, 0.05) is 12.6 Å². The molecule has 3 rings (SSSR count). The quantitative estimate of drug-likeness (QED) is 0.849. The van der Waals surface area contributed by atoms with E-state index in [-0.39, 0.29) is 15.7 Å². The van der Waals surface area contributed by atoms with Gasteiger partial charge in [0.25, 0.3) is 0 Å². The summed E-state index contributed by atoms with van der Waals surface area (Å²) in [5.74, 6) is -0.465. The standard InChI is InChI=1S/C16H19NO4S3/c1-12-5-2-3-6-13(12)9-17-14-10-23(18,19)11-15(14)24(20,21)16-7-4-8-22-16/h2-8,14-15,17H,9-11H2,1H3/t14-,15-/m0/s1. The molecule has 8 heteroatoms. The normalized spacial score (nSPS) is 23.4.